The van der Waals surface area contributed by atoms with Crippen molar-refractivity contribution in [2.75, 3.05) is 12.4 Å². The van der Waals surface area contributed by atoms with Crippen molar-refractivity contribution in [1.29, 1.82) is 0 Å². The average molecular weight is 415 g/mol. The molecule has 28 heavy (non-hydrogen) atoms. The van der Waals surface area contributed by atoms with E-state index in [1.165, 1.54) is 18.7 Å². The number of nitrogens with two attached hydrogens (primary N) is 1. The molecule has 11 nitrogen and oxygen atoms in total. The number of esters is 1. The molecule has 2 aliphatic heterocycles. The van der Waals surface area contributed by atoms with E-state index in [-0.39, 0.29) is 37.3 Å². The van der Waals surface area contributed by atoms with Gasteiger partial charge in [-0.3, -0.25) is 24.1 Å². The van der Waals surface area contributed by atoms with Gasteiger partial charge in [0.1, 0.15) is 29.8 Å². The number of amides is 2. The molecule has 0 bridgehead atoms. The number of carboxylic acid groups (broad SMARTS) is 2. The number of hydrogen-bond donors (Lipinski definition) is 4. The van der Waals surface area contributed by atoms with Crippen molar-refractivity contribution >= 4 is 41.5 Å². The molecule has 0 spiro atoms. The van der Waals surface area contributed by atoms with Crippen LogP contribution in [0.1, 0.15) is 26.2 Å². The molecule has 12 heteroatoms. The van der Waals surface area contributed by atoms with Crippen LogP contribution in [0.4, 0.5) is 0 Å². The highest BCUT2D eigenvalue weighted by Gasteiger charge is 2.54. The minimum atomic E-state index is -1.31. The van der Waals surface area contributed by atoms with Crippen LogP contribution in [-0.4, -0.2) is 74.7 Å². The zero-order valence-corrected chi connectivity index (χ0v) is 15.9. The number of hydrogen-bond acceptors (Lipinski definition) is 8. The van der Waals surface area contributed by atoms with Crippen LogP contribution >= 0.6 is 11.8 Å². The Morgan fingerprint density at radius 3 is 2.61 bits per heavy atom. The van der Waals surface area contributed by atoms with Crippen LogP contribution in [0.2, 0.25) is 0 Å². The number of rotatable bonds is 9. The Kier molecular flexibility index (Phi) is 7.02. The molecule has 0 radical (unpaired) electrons. The fraction of sp³-hybridized carbons (Fsp3) is 0.562. The number of carbonyl (C=O) groups excluding carboxylic acids is 3. The van der Waals surface area contributed by atoms with Gasteiger partial charge in [0.25, 0.3) is 5.91 Å². The van der Waals surface area contributed by atoms with Gasteiger partial charge in [0.15, 0.2) is 0 Å². The number of carbonyl (C=O) groups is 5. The molecule has 0 saturated carbocycles. The first-order valence-corrected chi connectivity index (χ1v) is 9.49. The van der Waals surface area contributed by atoms with E-state index < -0.39 is 47.2 Å². The number of thioether (sulfide) groups is 1. The minimum absolute atomic E-state index is 0.00146. The summed E-state index contributed by atoms with van der Waals surface area (Å²) in [6.07, 6.45) is 0.368. The first-order valence-electron chi connectivity index (χ1n) is 8.44. The van der Waals surface area contributed by atoms with E-state index in [9.17, 15) is 29.1 Å². The van der Waals surface area contributed by atoms with E-state index >= 15 is 0 Å². The van der Waals surface area contributed by atoms with Gasteiger partial charge in [-0.05, 0) is 12.8 Å². The van der Waals surface area contributed by atoms with Gasteiger partial charge in [-0.1, -0.05) is 0 Å². The lowest BCUT2D eigenvalue weighted by atomic mass is 10.0. The normalized spacial score (nSPS) is 22.1. The number of fused-ring (bicyclic) bond motifs is 1. The maximum Gasteiger partial charge on any atom is 0.352 e. The summed E-state index contributed by atoms with van der Waals surface area (Å²) in [5.74, 6) is -3.79. The fourth-order valence-electron chi connectivity index (χ4n) is 2.83. The Morgan fingerprint density at radius 2 is 2.04 bits per heavy atom. The molecule has 0 aromatic heterocycles. The molecule has 2 rings (SSSR count). The Hall–Kier alpha value is -2.60. The lowest BCUT2D eigenvalue weighted by Crippen LogP contribution is -2.70. The lowest BCUT2D eigenvalue weighted by Gasteiger charge is -2.49. The molecule has 5 N–H and O–H groups in total. The first-order chi connectivity index (χ1) is 13.1. The van der Waals surface area contributed by atoms with E-state index in [4.69, 9.17) is 15.6 Å². The summed E-state index contributed by atoms with van der Waals surface area (Å²) in [6.45, 7) is 0.977. The van der Waals surface area contributed by atoms with E-state index in [1.54, 1.807) is 0 Å². The molecular weight excluding hydrogens is 394 g/mol. The predicted octanol–water partition coefficient (Wildman–Crippen LogP) is -1.13. The largest absolute Gasteiger partial charge is 0.480 e. The zero-order chi connectivity index (χ0) is 21.0. The Labute approximate surface area is 164 Å². The third-order valence-electron chi connectivity index (χ3n) is 4.25. The molecule has 2 heterocycles. The zero-order valence-electron chi connectivity index (χ0n) is 15.0. The van der Waals surface area contributed by atoms with Gasteiger partial charge in [0.2, 0.25) is 5.91 Å². The van der Waals surface area contributed by atoms with Crippen LogP contribution in [0.25, 0.3) is 0 Å². The van der Waals surface area contributed by atoms with Gasteiger partial charge in [-0.15, -0.1) is 11.8 Å². The molecular formula is C16H21N3O8S. The van der Waals surface area contributed by atoms with Gasteiger partial charge >= 0.3 is 17.9 Å². The second kappa shape index (κ2) is 9.06. The highest BCUT2D eigenvalue weighted by molar-refractivity contribution is 8.00. The average Bonchev–Trinajstić information content (AvgIpc) is 2.62. The number of carboxylic acids is 2. The molecule has 2 aliphatic rings. The van der Waals surface area contributed by atoms with Crippen LogP contribution in [0, 0.1) is 0 Å². The fourth-order valence-corrected chi connectivity index (χ4v) is 4.16. The highest BCUT2D eigenvalue weighted by atomic mass is 32.2. The highest BCUT2D eigenvalue weighted by Crippen LogP contribution is 2.40. The maximum atomic E-state index is 12.4. The van der Waals surface area contributed by atoms with Gasteiger partial charge in [0, 0.05) is 24.7 Å². The molecule has 2 amide bonds. The summed E-state index contributed by atoms with van der Waals surface area (Å²) in [6, 6.07) is -1.92. The lowest BCUT2D eigenvalue weighted by molar-refractivity contribution is -0.151. The van der Waals surface area contributed by atoms with Gasteiger partial charge in [0.05, 0.1) is 0 Å². The molecule has 0 aromatic rings. The van der Waals surface area contributed by atoms with Crippen LogP contribution in [-0.2, 0) is 28.7 Å². The van der Waals surface area contributed by atoms with E-state index in [0.717, 1.165) is 4.90 Å². The molecule has 0 aliphatic carbocycles. The maximum absolute atomic E-state index is 12.4. The number of aliphatic carboxylic acids is 2. The molecule has 1 fully saturated rings. The summed E-state index contributed by atoms with van der Waals surface area (Å²) in [7, 11) is 0. The number of ether oxygens (including phenoxy) is 1. The van der Waals surface area contributed by atoms with Gasteiger partial charge < -0.3 is 26.0 Å². The molecule has 154 valence electrons. The Bertz CT molecular complexity index is 737. The third kappa shape index (κ3) is 4.81. The molecule has 0 unspecified atom stereocenters. The summed E-state index contributed by atoms with van der Waals surface area (Å²) in [4.78, 5) is 58.7. The third-order valence-corrected chi connectivity index (χ3v) is 5.59. The standard InChI is InChI=1S/C16H21N3O8S/c1-7(20)27-5-8-6-28-14-11(13(22)19(14)12(8)16(25)26)18-10(21)4-2-3-9(17)15(23)24/h9,11,14H,2-6,17H2,1H3,(H,18,21)(H,23,24)(H,25,26)/t9-,11-,14+/m1/s1. The van der Waals surface area contributed by atoms with Crippen LogP contribution in [0.5, 0.6) is 0 Å². The van der Waals surface area contributed by atoms with Crippen LogP contribution < -0.4 is 11.1 Å². The second-order valence-corrected chi connectivity index (χ2v) is 7.43. The summed E-state index contributed by atoms with van der Waals surface area (Å²) >= 11 is 1.26. The Morgan fingerprint density at radius 1 is 1.36 bits per heavy atom. The molecule has 1 saturated heterocycles. The van der Waals surface area contributed by atoms with Crippen molar-refractivity contribution in [2.45, 2.75) is 43.6 Å². The van der Waals surface area contributed by atoms with Crippen molar-refractivity contribution in [3.63, 3.8) is 0 Å². The van der Waals surface area contributed by atoms with E-state index in [2.05, 4.69) is 5.32 Å². The van der Waals surface area contributed by atoms with Crippen molar-refractivity contribution in [3.8, 4) is 0 Å². The van der Waals surface area contributed by atoms with E-state index in [0.29, 0.717) is 5.57 Å². The predicted molar refractivity (Wildman–Crippen MR) is 95.8 cm³/mol. The van der Waals surface area contributed by atoms with Gasteiger partial charge in [-0.25, -0.2) is 4.79 Å². The second-order valence-electron chi connectivity index (χ2n) is 6.33. The smallest absolute Gasteiger partial charge is 0.352 e. The Balaban J connectivity index is 1.96. The number of nitrogens with zero attached hydrogens (tertiary/aromatic N) is 1. The molecule has 3 atom stereocenters. The van der Waals surface area contributed by atoms with Crippen LogP contribution in [0.15, 0.2) is 11.3 Å². The summed E-state index contributed by atoms with van der Waals surface area (Å²) in [5, 5.41) is 20.1. The summed E-state index contributed by atoms with van der Waals surface area (Å²) in [5.41, 5.74) is 5.44. The number of nitrogens with one attached hydrogen (secondary N) is 1. The van der Waals surface area contributed by atoms with Crippen LogP contribution in [0.3, 0.4) is 0 Å². The SMILES string of the molecule is CC(=O)OCC1=C(C(=O)O)N2C(=O)[C@@H](NC(=O)CCC[C@@H](N)C(=O)O)[C@@H]2SC1. The number of β-lactam (4-membered cyclic amide) rings is 1. The minimum Gasteiger partial charge on any atom is -0.480 e. The van der Waals surface area contributed by atoms with Crippen molar-refractivity contribution in [3.05, 3.63) is 11.3 Å². The first kappa shape index (κ1) is 21.7. The van der Waals surface area contributed by atoms with E-state index in [1.807, 2.05) is 0 Å². The van der Waals surface area contributed by atoms with Crippen molar-refractivity contribution in [2.24, 2.45) is 5.73 Å². The molecule has 0 aromatic carbocycles. The quantitative estimate of drug-likeness (QED) is 0.266. The topological polar surface area (TPSA) is 176 Å². The van der Waals surface area contributed by atoms with Gasteiger partial charge in [-0.2, -0.15) is 0 Å². The summed E-state index contributed by atoms with van der Waals surface area (Å²) < 4.78 is 4.84. The van der Waals surface area contributed by atoms with Crippen molar-refractivity contribution in [1.82, 2.24) is 10.2 Å². The van der Waals surface area contributed by atoms with Crippen molar-refractivity contribution < 1.29 is 38.9 Å². The monoisotopic (exact) mass is 415 g/mol.